The number of rotatable bonds is 0. The van der Waals surface area contributed by atoms with E-state index in [4.69, 9.17) is 0 Å². The zero-order valence-electron chi connectivity index (χ0n) is 7.07. The van der Waals surface area contributed by atoms with Crippen LogP contribution < -0.4 is 5.32 Å². The summed E-state index contributed by atoms with van der Waals surface area (Å²) in [7, 11) is 0. The molecule has 3 unspecified atom stereocenters. The van der Waals surface area contributed by atoms with Gasteiger partial charge in [0.25, 0.3) is 0 Å². The zero-order valence-corrected chi connectivity index (χ0v) is 7.07. The number of piperidine rings is 1. The van der Waals surface area contributed by atoms with E-state index in [9.17, 15) is 15.3 Å². The number of hydrogen-bond donors (Lipinski definition) is 4. The van der Waals surface area contributed by atoms with Gasteiger partial charge < -0.3 is 15.3 Å². The summed E-state index contributed by atoms with van der Waals surface area (Å²) < 4.78 is 0. The van der Waals surface area contributed by atoms with Crippen LogP contribution in [0.4, 0.5) is 0 Å². The van der Waals surface area contributed by atoms with Gasteiger partial charge in [-0.05, 0) is 18.8 Å². The number of aliphatic hydroxyl groups excluding tert-OH is 2. The topological polar surface area (TPSA) is 72.7 Å². The molecule has 2 rings (SSSR count). The van der Waals surface area contributed by atoms with E-state index in [-0.39, 0.29) is 6.04 Å². The number of aliphatic hydroxyl groups is 3. The summed E-state index contributed by atoms with van der Waals surface area (Å²) in [4.78, 5) is 0. The molecule has 2 bridgehead atoms. The molecule has 0 amide bonds. The van der Waals surface area contributed by atoms with Gasteiger partial charge in [0.2, 0.25) is 0 Å². The van der Waals surface area contributed by atoms with Gasteiger partial charge in [0.15, 0.2) is 0 Å². The van der Waals surface area contributed by atoms with Gasteiger partial charge in [-0.2, -0.15) is 0 Å². The van der Waals surface area contributed by atoms with Gasteiger partial charge in [-0.1, -0.05) is 6.92 Å². The van der Waals surface area contributed by atoms with Gasteiger partial charge in [0, 0.05) is 6.04 Å². The average molecular weight is 173 g/mol. The molecule has 2 aliphatic rings. The quantitative estimate of drug-likeness (QED) is 0.371. The lowest BCUT2D eigenvalue weighted by atomic mass is 9.96. The Balaban J connectivity index is 2.24. The molecule has 0 aliphatic carbocycles. The van der Waals surface area contributed by atoms with Crippen LogP contribution in [-0.4, -0.2) is 39.3 Å². The Morgan fingerprint density at radius 2 is 2.08 bits per heavy atom. The highest BCUT2D eigenvalue weighted by atomic mass is 16.4. The van der Waals surface area contributed by atoms with Gasteiger partial charge >= 0.3 is 0 Å². The van der Waals surface area contributed by atoms with Crippen molar-refractivity contribution in [1.29, 1.82) is 0 Å². The van der Waals surface area contributed by atoms with Gasteiger partial charge in [-0.25, -0.2) is 0 Å². The molecule has 2 aliphatic heterocycles. The predicted molar refractivity (Wildman–Crippen MR) is 42.3 cm³/mol. The van der Waals surface area contributed by atoms with Crippen molar-refractivity contribution in [1.82, 2.24) is 5.32 Å². The first kappa shape index (κ1) is 8.44. The fraction of sp³-hybridized carbons (Fsp3) is 1.00. The maximum atomic E-state index is 9.81. The minimum absolute atomic E-state index is 0.147. The Labute approximate surface area is 71.2 Å². The van der Waals surface area contributed by atoms with Crippen LogP contribution in [0.15, 0.2) is 0 Å². The Kier molecular flexibility index (Phi) is 1.70. The molecule has 70 valence electrons. The van der Waals surface area contributed by atoms with E-state index in [0.29, 0.717) is 18.8 Å². The Hall–Kier alpha value is -0.160. The molecule has 4 heteroatoms. The van der Waals surface area contributed by atoms with E-state index < -0.39 is 17.9 Å². The second kappa shape index (κ2) is 2.42. The first-order valence-corrected chi connectivity index (χ1v) is 4.39. The lowest BCUT2D eigenvalue weighted by Crippen LogP contribution is -2.61. The molecule has 0 aromatic rings. The largest absolute Gasteiger partial charge is 0.390 e. The minimum atomic E-state index is -1.25. The van der Waals surface area contributed by atoms with Gasteiger partial charge in [0.1, 0.15) is 11.8 Å². The maximum absolute atomic E-state index is 9.81. The molecular weight excluding hydrogens is 158 g/mol. The van der Waals surface area contributed by atoms with Crippen molar-refractivity contribution in [2.45, 2.75) is 43.7 Å². The van der Waals surface area contributed by atoms with Gasteiger partial charge in [0.05, 0.1) is 6.10 Å². The predicted octanol–water partition coefficient (Wildman–Crippen LogP) is -1.20. The number of nitrogens with one attached hydrogen (secondary N) is 1. The normalized spacial score (nSPS) is 59.0. The summed E-state index contributed by atoms with van der Waals surface area (Å²) in [6.07, 6.45) is -0.773. The van der Waals surface area contributed by atoms with Crippen LogP contribution in [0, 0.1) is 5.92 Å². The Morgan fingerprint density at radius 1 is 1.42 bits per heavy atom. The highest BCUT2D eigenvalue weighted by molar-refractivity contribution is 5.05. The molecule has 2 heterocycles. The second-order valence-corrected chi connectivity index (χ2v) is 4.10. The first-order chi connectivity index (χ1) is 5.53. The molecule has 0 saturated carbocycles. The fourth-order valence-electron chi connectivity index (χ4n) is 2.36. The third-order valence-corrected chi connectivity index (χ3v) is 3.10. The van der Waals surface area contributed by atoms with Crippen LogP contribution in [-0.2, 0) is 0 Å². The summed E-state index contributed by atoms with van der Waals surface area (Å²) in [6, 6.07) is 0.147. The third kappa shape index (κ3) is 0.992. The van der Waals surface area contributed by atoms with Crippen LogP contribution >= 0.6 is 0 Å². The summed E-state index contributed by atoms with van der Waals surface area (Å²) in [6.45, 7) is 2.01. The van der Waals surface area contributed by atoms with E-state index in [1.165, 1.54) is 0 Å². The molecule has 4 N–H and O–H groups in total. The van der Waals surface area contributed by atoms with E-state index >= 15 is 0 Å². The zero-order chi connectivity index (χ0) is 8.93. The highest BCUT2D eigenvalue weighted by Crippen LogP contribution is 2.37. The molecule has 0 aromatic heterocycles. The Morgan fingerprint density at radius 3 is 2.75 bits per heavy atom. The van der Waals surface area contributed by atoms with Crippen LogP contribution in [0.1, 0.15) is 19.8 Å². The fourth-order valence-corrected chi connectivity index (χ4v) is 2.36. The number of hydrogen-bond acceptors (Lipinski definition) is 4. The molecule has 0 aromatic carbocycles. The van der Waals surface area contributed by atoms with Gasteiger partial charge in [-0.15, -0.1) is 0 Å². The first-order valence-electron chi connectivity index (χ1n) is 4.39. The van der Waals surface area contributed by atoms with E-state index in [1.807, 2.05) is 6.92 Å². The molecule has 5 atom stereocenters. The smallest absolute Gasteiger partial charge is 0.145 e. The Bertz CT molecular complexity index is 195. The van der Waals surface area contributed by atoms with Crippen molar-refractivity contribution in [2.24, 2.45) is 5.92 Å². The average Bonchev–Trinajstić information content (AvgIpc) is 2.22. The highest BCUT2D eigenvalue weighted by Gasteiger charge is 2.53. The molecular formula is C8H15NO3. The van der Waals surface area contributed by atoms with Crippen LogP contribution in [0.5, 0.6) is 0 Å². The molecule has 0 spiro atoms. The van der Waals surface area contributed by atoms with E-state index in [2.05, 4.69) is 5.32 Å². The minimum Gasteiger partial charge on any atom is -0.390 e. The van der Waals surface area contributed by atoms with Crippen molar-refractivity contribution in [3.05, 3.63) is 0 Å². The third-order valence-electron chi connectivity index (χ3n) is 3.10. The molecule has 0 radical (unpaired) electrons. The van der Waals surface area contributed by atoms with Crippen LogP contribution in [0.25, 0.3) is 0 Å². The standard InChI is InChI=1S/C8H15NO3/c1-4-3-8(12)7(11)6(10)2-5(4)9-8/h4-7,9-12H,2-3H2,1H3/t4?,5?,6-,7?,8-/m1/s1. The molecule has 2 fully saturated rings. The molecule has 2 saturated heterocycles. The van der Waals surface area contributed by atoms with E-state index in [1.54, 1.807) is 0 Å². The summed E-state index contributed by atoms with van der Waals surface area (Å²) in [5, 5.41) is 31.6. The maximum Gasteiger partial charge on any atom is 0.145 e. The van der Waals surface area contributed by atoms with Crippen molar-refractivity contribution >= 4 is 0 Å². The van der Waals surface area contributed by atoms with Crippen molar-refractivity contribution in [3.8, 4) is 0 Å². The van der Waals surface area contributed by atoms with Crippen molar-refractivity contribution in [2.75, 3.05) is 0 Å². The van der Waals surface area contributed by atoms with Crippen LogP contribution in [0.3, 0.4) is 0 Å². The summed E-state index contributed by atoms with van der Waals surface area (Å²) in [5.74, 6) is 0.321. The van der Waals surface area contributed by atoms with Crippen molar-refractivity contribution in [3.63, 3.8) is 0 Å². The molecule has 4 nitrogen and oxygen atoms in total. The lowest BCUT2D eigenvalue weighted by Gasteiger charge is -2.37. The second-order valence-electron chi connectivity index (χ2n) is 4.10. The summed E-state index contributed by atoms with van der Waals surface area (Å²) >= 11 is 0. The monoisotopic (exact) mass is 173 g/mol. The van der Waals surface area contributed by atoms with Gasteiger partial charge in [-0.3, -0.25) is 5.32 Å². The molecule has 12 heavy (non-hydrogen) atoms. The number of fused-ring (bicyclic) bond motifs is 2. The summed E-state index contributed by atoms with van der Waals surface area (Å²) in [5.41, 5.74) is -1.25. The van der Waals surface area contributed by atoms with Crippen molar-refractivity contribution < 1.29 is 15.3 Å². The van der Waals surface area contributed by atoms with E-state index in [0.717, 1.165) is 0 Å². The SMILES string of the molecule is CC1C[C@]2(O)NC1C[C@@H](O)C2O. The van der Waals surface area contributed by atoms with Crippen LogP contribution in [0.2, 0.25) is 0 Å². The lowest BCUT2D eigenvalue weighted by molar-refractivity contribution is -0.153.